The fourth-order valence-corrected chi connectivity index (χ4v) is 2.42. The van der Waals surface area contributed by atoms with Gasteiger partial charge in [-0.2, -0.15) is 0 Å². The molecule has 2 amide bonds. The topological polar surface area (TPSA) is 84.7 Å². The van der Waals surface area contributed by atoms with Gasteiger partial charge in [-0.1, -0.05) is 6.92 Å². The molecule has 1 atom stereocenters. The number of carbonyl (C=O) groups is 2. The van der Waals surface area contributed by atoms with Crippen molar-refractivity contribution >= 4 is 11.8 Å². The summed E-state index contributed by atoms with van der Waals surface area (Å²) in [4.78, 5) is 25.1. The molecule has 2 rings (SSSR count). The zero-order valence-corrected chi connectivity index (χ0v) is 12.2. The van der Waals surface area contributed by atoms with Gasteiger partial charge < -0.3 is 9.64 Å². The average molecular weight is 291 g/mol. The maximum Gasteiger partial charge on any atom is 0.265 e. The van der Waals surface area contributed by atoms with Crippen LogP contribution < -0.4 is 16.0 Å². The van der Waals surface area contributed by atoms with E-state index in [-0.39, 0.29) is 17.7 Å². The molecule has 21 heavy (non-hydrogen) atoms. The summed E-state index contributed by atoms with van der Waals surface area (Å²) in [5, 5.41) is 0. The number of nitrogens with one attached hydrogen (secondary N) is 1. The van der Waals surface area contributed by atoms with Gasteiger partial charge in [0.25, 0.3) is 5.91 Å². The zero-order chi connectivity index (χ0) is 15.2. The van der Waals surface area contributed by atoms with Crippen molar-refractivity contribution in [2.45, 2.75) is 19.8 Å². The summed E-state index contributed by atoms with van der Waals surface area (Å²) in [5.41, 5.74) is 2.55. The fourth-order valence-electron chi connectivity index (χ4n) is 2.42. The molecule has 1 saturated heterocycles. The van der Waals surface area contributed by atoms with E-state index >= 15 is 0 Å². The van der Waals surface area contributed by atoms with Crippen LogP contribution in [0.25, 0.3) is 0 Å². The smallest absolute Gasteiger partial charge is 0.265 e. The number of likely N-dealkylation sites (tertiary alicyclic amines) is 1. The molecule has 0 aromatic heterocycles. The summed E-state index contributed by atoms with van der Waals surface area (Å²) < 4.78 is 5.60. The number of rotatable bonds is 5. The number of ether oxygens (including phenoxy) is 1. The second kappa shape index (κ2) is 7.08. The molecule has 6 heteroatoms. The first kappa shape index (κ1) is 15.3. The van der Waals surface area contributed by atoms with Crippen LogP contribution in [-0.4, -0.2) is 36.4 Å². The molecule has 6 nitrogen and oxygen atoms in total. The van der Waals surface area contributed by atoms with Crippen LogP contribution >= 0.6 is 0 Å². The van der Waals surface area contributed by atoms with Crippen molar-refractivity contribution in [2.24, 2.45) is 11.8 Å². The Morgan fingerprint density at radius 1 is 1.43 bits per heavy atom. The maximum absolute atomic E-state index is 11.9. The van der Waals surface area contributed by atoms with E-state index in [4.69, 9.17) is 10.6 Å². The minimum atomic E-state index is -0.338. The molecule has 0 saturated carbocycles. The van der Waals surface area contributed by atoms with Crippen LogP contribution in [-0.2, 0) is 4.79 Å². The maximum atomic E-state index is 11.9. The second-order valence-electron chi connectivity index (χ2n) is 5.21. The monoisotopic (exact) mass is 291 g/mol. The normalized spacial score (nSPS) is 18.5. The zero-order valence-electron chi connectivity index (χ0n) is 12.2. The number of nitrogens with zero attached hydrogens (tertiary/aromatic N) is 1. The third-order valence-electron chi connectivity index (χ3n) is 3.68. The van der Waals surface area contributed by atoms with Gasteiger partial charge in [0.15, 0.2) is 0 Å². The molecule has 3 N–H and O–H groups in total. The van der Waals surface area contributed by atoms with Crippen molar-refractivity contribution in [1.29, 1.82) is 0 Å². The minimum absolute atomic E-state index is 0.118. The van der Waals surface area contributed by atoms with E-state index in [9.17, 15) is 9.59 Å². The molecule has 1 fully saturated rings. The summed E-state index contributed by atoms with van der Waals surface area (Å²) in [6.45, 7) is 3.81. The largest absolute Gasteiger partial charge is 0.492 e. The van der Waals surface area contributed by atoms with Gasteiger partial charge in [0.2, 0.25) is 5.91 Å². The van der Waals surface area contributed by atoms with Gasteiger partial charge in [-0.3, -0.25) is 15.0 Å². The van der Waals surface area contributed by atoms with Crippen LogP contribution in [0.5, 0.6) is 5.75 Å². The Balaban J connectivity index is 1.80. The Morgan fingerprint density at radius 2 is 2.14 bits per heavy atom. The Bertz CT molecular complexity index is 501. The molecular formula is C15H21N3O3. The van der Waals surface area contributed by atoms with E-state index in [1.807, 2.05) is 11.8 Å². The number of hydrazine groups is 1. The molecule has 1 aliphatic rings. The van der Waals surface area contributed by atoms with Crippen molar-refractivity contribution < 1.29 is 14.3 Å². The van der Waals surface area contributed by atoms with Crippen LogP contribution in [0.15, 0.2) is 24.3 Å². The lowest BCUT2D eigenvalue weighted by atomic mass is 9.99. The van der Waals surface area contributed by atoms with Crippen molar-refractivity contribution in [3.05, 3.63) is 29.8 Å². The van der Waals surface area contributed by atoms with Gasteiger partial charge in [-0.05, 0) is 37.1 Å². The molecule has 0 spiro atoms. The number of piperidine rings is 1. The number of hydrogen-bond donors (Lipinski definition) is 2. The number of nitrogens with two attached hydrogens (primary N) is 1. The lowest BCUT2D eigenvalue weighted by molar-refractivity contribution is -0.138. The summed E-state index contributed by atoms with van der Waals surface area (Å²) in [6, 6.07) is 6.72. The highest BCUT2D eigenvalue weighted by molar-refractivity contribution is 5.93. The second-order valence-corrected chi connectivity index (χ2v) is 5.21. The highest BCUT2D eigenvalue weighted by atomic mass is 16.5. The van der Waals surface area contributed by atoms with Crippen LogP contribution in [0.2, 0.25) is 0 Å². The van der Waals surface area contributed by atoms with Gasteiger partial charge in [0.05, 0.1) is 6.54 Å². The highest BCUT2D eigenvalue weighted by Crippen LogP contribution is 2.17. The molecule has 114 valence electrons. The first-order valence-electron chi connectivity index (χ1n) is 7.14. The number of benzene rings is 1. The molecule has 0 bridgehead atoms. The molecule has 0 radical (unpaired) electrons. The van der Waals surface area contributed by atoms with Crippen molar-refractivity contribution in [2.75, 3.05) is 19.7 Å². The Hall–Kier alpha value is -2.08. The Kier molecular flexibility index (Phi) is 5.16. The molecule has 1 aromatic carbocycles. The number of hydrogen-bond acceptors (Lipinski definition) is 4. The molecule has 1 aliphatic heterocycles. The SMILES string of the molecule is CC1CCCN(CCOc2ccc(C(=O)NN)cc2)C1=O. The van der Waals surface area contributed by atoms with Gasteiger partial charge in [0, 0.05) is 18.0 Å². The van der Waals surface area contributed by atoms with Gasteiger partial charge in [0.1, 0.15) is 12.4 Å². The first-order chi connectivity index (χ1) is 10.1. The third-order valence-corrected chi connectivity index (χ3v) is 3.68. The molecule has 0 aliphatic carbocycles. The highest BCUT2D eigenvalue weighted by Gasteiger charge is 2.24. The molecule has 1 aromatic rings. The van der Waals surface area contributed by atoms with Crippen LogP contribution in [0.4, 0.5) is 0 Å². The summed E-state index contributed by atoms with van der Waals surface area (Å²) in [6.07, 6.45) is 2.02. The van der Waals surface area contributed by atoms with E-state index in [0.717, 1.165) is 19.4 Å². The van der Waals surface area contributed by atoms with Crippen molar-refractivity contribution in [3.63, 3.8) is 0 Å². The van der Waals surface area contributed by atoms with E-state index in [1.54, 1.807) is 24.3 Å². The quantitative estimate of drug-likeness (QED) is 0.480. The minimum Gasteiger partial charge on any atom is -0.492 e. The van der Waals surface area contributed by atoms with Crippen LogP contribution in [0.1, 0.15) is 30.1 Å². The van der Waals surface area contributed by atoms with Crippen LogP contribution in [0.3, 0.4) is 0 Å². The lowest BCUT2D eigenvalue weighted by Gasteiger charge is -2.30. The van der Waals surface area contributed by atoms with E-state index in [0.29, 0.717) is 24.5 Å². The number of nitrogen functional groups attached to an aromatic ring is 1. The van der Waals surface area contributed by atoms with E-state index < -0.39 is 0 Å². The molecular weight excluding hydrogens is 270 g/mol. The average Bonchev–Trinajstić information content (AvgIpc) is 2.51. The predicted molar refractivity (Wildman–Crippen MR) is 78.6 cm³/mol. The van der Waals surface area contributed by atoms with Crippen molar-refractivity contribution in [1.82, 2.24) is 10.3 Å². The van der Waals surface area contributed by atoms with Gasteiger partial charge >= 0.3 is 0 Å². The number of carbonyl (C=O) groups excluding carboxylic acids is 2. The summed E-state index contributed by atoms with van der Waals surface area (Å²) in [7, 11) is 0. The fraction of sp³-hybridized carbons (Fsp3) is 0.467. The first-order valence-corrected chi connectivity index (χ1v) is 7.14. The summed E-state index contributed by atoms with van der Waals surface area (Å²) in [5.74, 6) is 5.72. The van der Waals surface area contributed by atoms with Crippen LogP contribution in [0, 0.1) is 5.92 Å². The van der Waals surface area contributed by atoms with Gasteiger partial charge in [-0.15, -0.1) is 0 Å². The predicted octanol–water partition coefficient (Wildman–Crippen LogP) is 0.927. The standard InChI is InChI=1S/C15H21N3O3/c1-11-3-2-8-18(15(11)20)9-10-21-13-6-4-12(5-7-13)14(19)17-16/h4-7,11H,2-3,8-10,16H2,1H3,(H,17,19). The third kappa shape index (κ3) is 3.95. The van der Waals surface area contributed by atoms with E-state index in [2.05, 4.69) is 5.43 Å². The van der Waals surface area contributed by atoms with Gasteiger partial charge in [-0.25, -0.2) is 5.84 Å². The van der Waals surface area contributed by atoms with Crippen molar-refractivity contribution in [3.8, 4) is 5.75 Å². The number of amides is 2. The lowest BCUT2D eigenvalue weighted by Crippen LogP contribution is -2.42. The molecule has 1 unspecified atom stereocenters. The summed E-state index contributed by atoms with van der Waals surface area (Å²) >= 11 is 0. The Labute approximate surface area is 124 Å². The Morgan fingerprint density at radius 3 is 2.81 bits per heavy atom. The molecule has 1 heterocycles. The van der Waals surface area contributed by atoms with E-state index in [1.165, 1.54) is 0 Å².